The SMILES string of the molecule is CC1CCN(C(=O)C2CCCNC2C)CC1O. The van der Waals surface area contributed by atoms with Crippen molar-refractivity contribution in [3.8, 4) is 0 Å². The molecule has 2 N–H and O–H groups in total. The maximum Gasteiger partial charge on any atom is 0.227 e. The Balaban J connectivity index is 1.95. The summed E-state index contributed by atoms with van der Waals surface area (Å²) in [6.07, 6.45) is 2.63. The van der Waals surface area contributed by atoms with Gasteiger partial charge >= 0.3 is 0 Å². The van der Waals surface area contributed by atoms with Crippen molar-refractivity contribution in [1.29, 1.82) is 0 Å². The molecule has 2 aliphatic rings. The molecule has 0 aromatic carbocycles. The quantitative estimate of drug-likeness (QED) is 0.706. The number of aliphatic hydroxyl groups excluding tert-OH is 1. The minimum atomic E-state index is -0.348. The summed E-state index contributed by atoms with van der Waals surface area (Å²) in [5.41, 5.74) is 0. The zero-order valence-corrected chi connectivity index (χ0v) is 10.9. The average molecular weight is 240 g/mol. The lowest BCUT2D eigenvalue weighted by molar-refractivity contribution is -0.141. The minimum absolute atomic E-state index is 0.101. The van der Waals surface area contributed by atoms with Gasteiger partial charge in [0.1, 0.15) is 0 Å². The summed E-state index contributed by atoms with van der Waals surface area (Å²) in [7, 11) is 0. The highest BCUT2D eigenvalue weighted by Crippen LogP contribution is 2.23. The van der Waals surface area contributed by atoms with Crippen LogP contribution in [0.4, 0.5) is 0 Å². The van der Waals surface area contributed by atoms with Gasteiger partial charge in [0, 0.05) is 19.1 Å². The predicted molar refractivity (Wildman–Crippen MR) is 66.6 cm³/mol. The number of nitrogens with zero attached hydrogens (tertiary/aromatic N) is 1. The van der Waals surface area contributed by atoms with Gasteiger partial charge in [-0.15, -0.1) is 0 Å². The summed E-state index contributed by atoms with van der Waals surface area (Å²) in [4.78, 5) is 14.3. The van der Waals surface area contributed by atoms with Crippen LogP contribution in [-0.2, 0) is 4.79 Å². The summed E-state index contributed by atoms with van der Waals surface area (Å²) in [5, 5.41) is 13.2. The maximum absolute atomic E-state index is 12.4. The van der Waals surface area contributed by atoms with Crippen LogP contribution < -0.4 is 5.32 Å². The first-order valence-corrected chi connectivity index (χ1v) is 6.80. The number of likely N-dealkylation sites (tertiary alicyclic amines) is 1. The highest BCUT2D eigenvalue weighted by Gasteiger charge is 2.34. The van der Waals surface area contributed by atoms with E-state index in [2.05, 4.69) is 19.2 Å². The molecule has 2 aliphatic heterocycles. The Morgan fingerprint density at radius 1 is 1.35 bits per heavy atom. The van der Waals surface area contributed by atoms with Gasteiger partial charge in [-0.25, -0.2) is 0 Å². The van der Waals surface area contributed by atoms with Gasteiger partial charge in [0.05, 0.1) is 12.0 Å². The third kappa shape index (κ3) is 2.80. The van der Waals surface area contributed by atoms with Crippen molar-refractivity contribution in [2.75, 3.05) is 19.6 Å². The number of hydrogen-bond donors (Lipinski definition) is 2. The number of carbonyl (C=O) groups is 1. The summed E-state index contributed by atoms with van der Waals surface area (Å²) in [6, 6.07) is 0.271. The second-order valence-corrected chi connectivity index (χ2v) is 5.61. The molecule has 2 saturated heterocycles. The molecule has 0 spiro atoms. The van der Waals surface area contributed by atoms with E-state index in [1.54, 1.807) is 0 Å². The maximum atomic E-state index is 12.4. The number of rotatable bonds is 1. The second kappa shape index (κ2) is 5.36. The molecule has 2 fully saturated rings. The Morgan fingerprint density at radius 2 is 2.12 bits per heavy atom. The second-order valence-electron chi connectivity index (χ2n) is 5.61. The van der Waals surface area contributed by atoms with Gasteiger partial charge in [0.15, 0.2) is 0 Å². The standard InChI is InChI=1S/C13H24N2O2/c1-9-5-7-15(8-12(9)16)13(17)11-4-3-6-14-10(11)2/h9-12,14,16H,3-8H2,1-2H3. The minimum Gasteiger partial charge on any atom is -0.391 e. The fraction of sp³-hybridized carbons (Fsp3) is 0.923. The van der Waals surface area contributed by atoms with E-state index in [1.165, 1.54) is 0 Å². The van der Waals surface area contributed by atoms with Gasteiger partial charge in [-0.1, -0.05) is 6.92 Å². The molecule has 0 aromatic heterocycles. The highest BCUT2D eigenvalue weighted by molar-refractivity contribution is 5.79. The van der Waals surface area contributed by atoms with Crippen LogP contribution in [0.15, 0.2) is 0 Å². The zero-order valence-electron chi connectivity index (χ0n) is 10.9. The zero-order chi connectivity index (χ0) is 12.4. The van der Waals surface area contributed by atoms with E-state index in [4.69, 9.17) is 0 Å². The Hall–Kier alpha value is -0.610. The van der Waals surface area contributed by atoms with Crippen LogP contribution in [0.2, 0.25) is 0 Å². The van der Waals surface area contributed by atoms with Crippen LogP contribution in [0.3, 0.4) is 0 Å². The lowest BCUT2D eigenvalue weighted by Crippen LogP contribution is -2.52. The average Bonchev–Trinajstić information content (AvgIpc) is 2.32. The number of β-amino-alcohol motifs (C(OH)–C–C–N with tert-alkyl or cyclic N) is 1. The van der Waals surface area contributed by atoms with Gasteiger partial charge in [-0.3, -0.25) is 4.79 Å². The van der Waals surface area contributed by atoms with E-state index in [9.17, 15) is 9.90 Å². The monoisotopic (exact) mass is 240 g/mol. The van der Waals surface area contributed by atoms with Gasteiger partial charge in [-0.05, 0) is 38.6 Å². The van der Waals surface area contributed by atoms with Crippen molar-refractivity contribution >= 4 is 5.91 Å². The summed E-state index contributed by atoms with van der Waals surface area (Å²) < 4.78 is 0. The van der Waals surface area contributed by atoms with Crippen LogP contribution >= 0.6 is 0 Å². The van der Waals surface area contributed by atoms with E-state index in [1.807, 2.05) is 4.90 Å². The summed E-state index contributed by atoms with van der Waals surface area (Å²) in [5.74, 6) is 0.654. The fourth-order valence-electron chi connectivity index (χ4n) is 2.86. The third-order valence-electron chi connectivity index (χ3n) is 4.31. The van der Waals surface area contributed by atoms with E-state index in [-0.39, 0.29) is 24.0 Å². The smallest absolute Gasteiger partial charge is 0.227 e. The summed E-state index contributed by atoms with van der Waals surface area (Å²) in [6.45, 7) is 6.48. The van der Waals surface area contributed by atoms with Crippen LogP contribution in [0, 0.1) is 11.8 Å². The molecule has 4 nitrogen and oxygen atoms in total. The van der Waals surface area contributed by atoms with E-state index >= 15 is 0 Å². The first kappa shape index (κ1) is 12.8. The molecule has 0 aromatic rings. The number of carbonyl (C=O) groups excluding carboxylic acids is 1. The first-order chi connectivity index (χ1) is 8.09. The molecule has 4 unspecified atom stereocenters. The van der Waals surface area contributed by atoms with E-state index in [0.29, 0.717) is 12.5 Å². The highest BCUT2D eigenvalue weighted by atomic mass is 16.3. The molecule has 0 saturated carbocycles. The van der Waals surface area contributed by atoms with Crippen molar-refractivity contribution in [2.45, 2.75) is 45.3 Å². The molecular formula is C13H24N2O2. The molecule has 0 radical (unpaired) electrons. The van der Waals surface area contributed by atoms with Crippen LogP contribution in [0.25, 0.3) is 0 Å². The van der Waals surface area contributed by atoms with Crippen LogP contribution in [0.5, 0.6) is 0 Å². The molecular weight excluding hydrogens is 216 g/mol. The molecule has 17 heavy (non-hydrogen) atoms. The molecule has 4 atom stereocenters. The number of aliphatic hydroxyl groups is 1. The van der Waals surface area contributed by atoms with Crippen molar-refractivity contribution in [3.63, 3.8) is 0 Å². The Kier molecular flexibility index (Phi) is 4.05. The molecule has 2 heterocycles. The van der Waals surface area contributed by atoms with E-state index in [0.717, 1.165) is 32.4 Å². The Labute approximate surface area is 103 Å². The van der Waals surface area contributed by atoms with E-state index < -0.39 is 0 Å². The molecule has 1 amide bonds. The molecule has 98 valence electrons. The van der Waals surface area contributed by atoms with Crippen LogP contribution in [0.1, 0.15) is 33.1 Å². The normalized spacial score (nSPS) is 39.1. The molecule has 0 bridgehead atoms. The molecule has 0 aliphatic carbocycles. The topological polar surface area (TPSA) is 52.6 Å². The Morgan fingerprint density at radius 3 is 2.76 bits per heavy atom. The number of piperidine rings is 2. The van der Waals surface area contributed by atoms with Gasteiger partial charge in [-0.2, -0.15) is 0 Å². The number of amides is 1. The third-order valence-corrected chi connectivity index (χ3v) is 4.31. The lowest BCUT2D eigenvalue weighted by Gasteiger charge is -2.38. The fourth-order valence-corrected chi connectivity index (χ4v) is 2.86. The molecule has 4 heteroatoms. The van der Waals surface area contributed by atoms with Crippen molar-refractivity contribution < 1.29 is 9.90 Å². The van der Waals surface area contributed by atoms with Crippen molar-refractivity contribution in [2.24, 2.45) is 11.8 Å². The lowest BCUT2D eigenvalue weighted by atomic mass is 9.88. The largest absolute Gasteiger partial charge is 0.391 e. The van der Waals surface area contributed by atoms with Crippen molar-refractivity contribution in [1.82, 2.24) is 10.2 Å². The molecule has 2 rings (SSSR count). The van der Waals surface area contributed by atoms with Crippen molar-refractivity contribution in [3.05, 3.63) is 0 Å². The van der Waals surface area contributed by atoms with Gasteiger partial charge in [0.2, 0.25) is 5.91 Å². The first-order valence-electron chi connectivity index (χ1n) is 6.80. The van der Waals surface area contributed by atoms with Gasteiger partial charge in [0.25, 0.3) is 0 Å². The number of hydrogen-bond acceptors (Lipinski definition) is 3. The summed E-state index contributed by atoms with van der Waals surface area (Å²) >= 11 is 0. The van der Waals surface area contributed by atoms with Crippen LogP contribution in [-0.4, -0.2) is 47.7 Å². The predicted octanol–water partition coefficient (Wildman–Crippen LogP) is 0.604. The number of nitrogens with one attached hydrogen (secondary N) is 1. The Bertz CT molecular complexity index is 283. The van der Waals surface area contributed by atoms with Gasteiger partial charge < -0.3 is 15.3 Å².